The number of alkyl halides is 1. The quantitative estimate of drug-likeness (QED) is 0.753. The topological polar surface area (TPSA) is 52.9 Å². The van der Waals surface area contributed by atoms with Crippen LogP contribution in [0.4, 0.5) is 0 Å². The molecule has 0 aliphatic heterocycles. The fourth-order valence-electron chi connectivity index (χ4n) is 2.26. The van der Waals surface area contributed by atoms with Gasteiger partial charge in [-0.3, -0.25) is 4.79 Å². The number of hydrogen-bond acceptors (Lipinski definition) is 2. The number of amides is 1. The van der Waals surface area contributed by atoms with Crippen LogP contribution in [0, 0.1) is 17.2 Å². The average Bonchev–Trinajstić information content (AvgIpc) is 2.20. The van der Waals surface area contributed by atoms with Gasteiger partial charge in [0.2, 0.25) is 5.91 Å². The molecule has 84 valence electrons. The molecule has 0 spiro atoms. The summed E-state index contributed by atoms with van der Waals surface area (Å²) in [5, 5.41) is 11.2. The van der Waals surface area contributed by atoms with Crippen LogP contribution >= 0.6 is 11.6 Å². The zero-order valence-corrected chi connectivity index (χ0v) is 9.76. The Balaban J connectivity index is 2.50. The Bertz CT molecular complexity index is 262. The third-order valence-corrected chi connectivity index (χ3v) is 3.22. The normalized spacial score (nSPS) is 27.8. The SMILES string of the molecule is CC(=O)N[C@H]1CCCC[C@@H]1CC(Cl)C#N. The van der Waals surface area contributed by atoms with Gasteiger partial charge in [-0.05, 0) is 25.2 Å². The van der Waals surface area contributed by atoms with Gasteiger partial charge in [0.05, 0.1) is 6.07 Å². The molecule has 0 aromatic carbocycles. The van der Waals surface area contributed by atoms with Gasteiger partial charge in [-0.25, -0.2) is 0 Å². The summed E-state index contributed by atoms with van der Waals surface area (Å²) in [6.07, 6.45) is 5.09. The smallest absolute Gasteiger partial charge is 0.217 e. The summed E-state index contributed by atoms with van der Waals surface area (Å²) in [4.78, 5) is 11.0. The van der Waals surface area contributed by atoms with Crippen LogP contribution in [0.3, 0.4) is 0 Å². The molecular formula is C11H17ClN2O. The third-order valence-electron chi connectivity index (χ3n) is 2.95. The molecule has 4 heteroatoms. The lowest BCUT2D eigenvalue weighted by atomic mass is 9.81. The standard InChI is InChI=1S/C11H17ClN2O/c1-8(15)14-11-5-3-2-4-9(11)6-10(12)7-13/h9-11H,2-6H2,1H3,(H,14,15)/t9-,10?,11+/m1/s1. The Labute approximate surface area is 95.8 Å². The van der Waals surface area contributed by atoms with Crippen molar-refractivity contribution in [2.24, 2.45) is 5.92 Å². The maximum Gasteiger partial charge on any atom is 0.217 e. The summed E-state index contributed by atoms with van der Waals surface area (Å²) in [7, 11) is 0. The number of nitrogens with one attached hydrogen (secondary N) is 1. The van der Waals surface area contributed by atoms with Gasteiger partial charge in [-0.15, -0.1) is 11.6 Å². The molecule has 1 fully saturated rings. The molecule has 1 N–H and O–H groups in total. The summed E-state index contributed by atoms with van der Waals surface area (Å²) in [5.74, 6) is 0.375. The Hall–Kier alpha value is -0.750. The minimum Gasteiger partial charge on any atom is -0.353 e. The fourth-order valence-corrected chi connectivity index (χ4v) is 2.49. The molecule has 0 aromatic rings. The van der Waals surface area contributed by atoms with Crippen LogP contribution in [0.25, 0.3) is 0 Å². The van der Waals surface area contributed by atoms with Crippen molar-refractivity contribution in [1.29, 1.82) is 5.26 Å². The van der Waals surface area contributed by atoms with Gasteiger partial charge in [-0.1, -0.05) is 12.8 Å². The molecule has 0 heterocycles. The molecule has 1 aliphatic rings. The van der Waals surface area contributed by atoms with Gasteiger partial charge in [0.25, 0.3) is 0 Å². The van der Waals surface area contributed by atoms with Gasteiger partial charge in [0.15, 0.2) is 0 Å². The first-order chi connectivity index (χ1) is 7.13. The van der Waals surface area contributed by atoms with E-state index in [0.29, 0.717) is 12.3 Å². The van der Waals surface area contributed by atoms with Gasteiger partial charge >= 0.3 is 0 Å². The molecule has 0 aromatic heterocycles. The van der Waals surface area contributed by atoms with Crippen molar-refractivity contribution in [1.82, 2.24) is 5.32 Å². The van der Waals surface area contributed by atoms with E-state index in [1.54, 1.807) is 0 Å². The van der Waals surface area contributed by atoms with E-state index in [0.717, 1.165) is 19.3 Å². The highest BCUT2D eigenvalue weighted by atomic mass is 35.5. The number of nitriles is 1. The summed E-state index contributed by atoms with van der Waals surface area (Å²) in [6, 6.07) is 2.25. The van der Waals surface area contributed by atoms with Crippen molar-refractivity contribution >= 4 is 17.5 Å². The van der Waals surface area contributed by atoms with E-state index in [4.69, 9.17) is 16.9 Å². The maximum atomic E-state index is 11.0. The maximum absolute atomic E-state index is 11.0. The Kier molecular flexibility index (Phi) is 4.90. The average molecular weight is 229 g/mol. The lowest BCUT2D eigenvalue weighted by Crippen LogP contribution is -2.41. The van der Waals surface area contributed by atoms with Crippen molar-refractivity contribution in [3.05, 3.63) is 0 Å². The summed E-state index contributed by atoms with van der Waals surface area (Å²) < 4.78 is 0. The third kappa shape index (κ3) is 4.09. The van der Waals surface area contributed by atoms with Crippen LogP contribution in [-0.2, 0) is 4.79 Å². The Morgan fingerprint density at radius 3 is 2.87 bits per heavy atom. The van der Waals surface area contributed by atoms with Crippen LogP contribution in [0.1, 0.15) is 39.0 Å². The first-order valence-corrected chi connectivity index (χ1v) is 5.88. The molecule has 0 saturated heterocycles. The molecule has 0 radical (unpaired) electrons. The van der Waals surface area contributed by atoms with Gasteiger partial charge in [-0.2, -0.15) is 5.26 Å². The van der Waals surface area contributed by atoms with Crippen molar-refractivity contribution < 1.29 is 4.79 Å². The fraction of sp³-hybridized carbons (Fsp3) is 0.818. The predicted octanol–water partition coefficient (Wildman–Crippen LogP) is 2.20. The highest BCUT2D eigenvalue weighted by molar-refractivity contribution is 6.22. The second-order valence-electron chi connectivity index (χ2n) is 4.18. The number of halogens is 1. The minimum absolute atomic E-state index is 0.00924. The van der Waals surface area contributed by atoms with Crippen LogP contribution in [0.2, 0.25) is 0 Å². The molecule has 1 unspecified atom stereocenters. The molecule has 3 atom stereocenters. The van der Waals surface area contributed by atoms with Gasteiger partial charge in [0.1, 0.15) is 5.38 Å². The Morgan fingerprint density at radius 2 is 2.27 bits per heavy atom. The van der Waals surface area contributed by atoms with E-state index in [2.05, 4.69) is 5.32 Å². The van der Waals surface area contributed by atoms with E-state index in [1.165, 1.54) is 13.3 Å². The van der Waals surface area contributed by atoms with Crippen molar-refractivity contribution in [2.45, 2.75) is 50.4 Å². The largest absolute Gasteiger partial charge is 0.353 e. The second-order valence-corrected chi connectivity index (χ2v) is 4.71. The number of carbonyl (C=O) groups is 1. The molecule has 1 rings (SSSR count). The molecule has 1 amide bonds. The zero-order valence-electron chi connectivity index (χ0n) is 9.00. The van der Waals surface area contributed by atoms with E-state index in [9.17, 15) is 4.79 Å². The summed E-state index contributed by atoms with van der Waals surface area (Å²) >= 11 is 5.83. The molecule has 3 nitrogen and oxygen atoms in total. The first kappa shape index (κ1) is 12.3. The van der Waals surface area contributed by atoms with Crippen molar-refractivity contribution in [3.63, 3.8) is 0 Å². The van der Waals surface area contributed by atoms with Crippen molar-refractivity contribution in [2.75, 3.05) is 0 Å². The number of carbonyl (C=O) groups excluding carboxylic acids is 1. The highest BCUT2D eigenvalue weighted by Crippen LogP contribution is 2.29. The number of nitrogens with zero attached hydrogens (tertiary/aromatic N) is 1. The number of rotatable bonds is 3. The highest BCUT2D eigenvalue weighted by Gasteiger charge is 2.27. The minimum atomic E-state index is -0.427. The van der Waals surface area contributed by atoms with Crippen LogP contribution in [-0.4, -0.2) is 17.3 Å². The number of hydrogen-bond donors (Lipinski definition) is 1. The molecule has 15 heavy (non-hydrogen) atoms. The lowest BCUT2D eigenvalue weighted by Gasteiger charge is -2.32. The van der Waals surface area contributed by atoms with E-state index in [-0.39, 0.29) is 11.9 Å². The molecule has 0 bridgehead atoms. The summed E-state index contributed by atoms with van der Waals surface area (Å²) in [5.41, 5.74) is 0. The zero-order chi connectivity index (χ0) is 11.3. The lowest BCUT2D eigenvalue weighted by molar-refractivity contribution is -0.120. The molecule has 1 aliphatic carbocycles. The van der Waals surface area contributed by atoms with Crippen LogP contribution in [0.5, 0.6) is 0 Å². The van der Waals surface area contributed by atoms with E-state index < -0.39 is 5.38 Å². The first-order valence-electron chi connectivity index (χ1n) is 5.44. The molecule has 1 saturated carbocycles. The summed E-state index contributed by atoms with van der Waals surface area (Å²) in [6.45, 7) is 1.54. The Morgan fingerprint density at radius 1 is 1.60 bits per heavy atom. The van der Waals surface area contributed by atoms with Gasteiger partial charge < -0.3 is 5.32 Å². The van der Waals surface area contributed by atoms with Gasteiger partial charge in [0, 0.05) is 13.0 Å². The van der Waals surface area contributed by atoms with Crippen LogP contribution < -0.4 is 5.32 Å². The molecular weight excluding hydrogens is 212 g/mol. The van der Waals surface area contributed by atoms with Crippen LogP contribution in [0.15, 0.2) is 0 Å². The monoisotopic (exact) mass is 228 g/mol. The predicted molar refractivity (Wildman–Crippen MR) is 59.4 cm³/mol. The van der Waals surface area contributed by atoms with Crippen molar-refractivity contribution in [3.8, 4) is 6.07 Å². The second kappa shape index (κ2) is 5.97. The van der Waals surface area contributed by atoms with E-state index in [1.807, 2.05) is 6.07 Å². The van der Waals surface area contributed by atoms with E-state index >= 15 is 0 Å².